The summed E-state index contributed by atoms with van der Waals surface area (Å²) in [6, 6.07) is 16.6. The molecule has 312 valence electrons. The quantitative estimate of drug-likeness (QED) is 0.104. The minimum absolute atomic E-state index is 0.0613. The summed E-state index contributed by atoms with van der Waals surface area (Å²) in [7, 11) is 2.59. The Bertz CT molecular complexity index is 2320. The second-order valence-corrected chi connectivity index (χ2v) is 15.6. The molecule has 3 aromatic carbocycles. The molecule has 4 heterocycles. The van der Waals surface area contributed by atoms with Crippen molar-refractivity contribution in [1.29, 1.82) is 0 Å². The van der Waals surface area contributed by atoms with E-state index >= 15 is 0 Å². The molecule has 0 radical (unpaired) electrons. The van der Waals surface area contributed by atoms with Crippen molar-refractivity contribution in [3.8, 4) is 22.4 Å². The fourth-order valence-electron chi connectivity index (χ4n) is 8.12. The highest BCUT2D eigenvalue weighted by atomic mass is 16.5. The molecule has 0 bridgehead atoms. The van der Waals surface area contributed by atoms with Gasteiger partial charge in [0.2, 0.25) is 11.8 Å². The topological polar surface area (TPSA) is 184 Å². The van der Waals surface area contributed by atoms with Crippen molar-refractivity contribution in [3.05, 3.63) is 72.4 Å². The SMILES string of the molecule is CC[C@@H](C)C(NC(=O)OC)C(=O)N1CCC[C@H]1c1ncc(-c2ccc3cc(-c4ccc5nc([C@@H]6COCCN6C(=O)C(NC(=O)OC)[C@H](C)CC)[nH]c5c4)ccc3c2)[nH]1. The molecule has 2 fully saturated rings. The molecule has 2 saturated heterocycles. The highest BCUT2D eigenvalue weighted by Crippen LogP contribution is 2.35. The molecule has 2 aliphatic rings. The first kappa shape index (κ1) is 41.2. The van der Waals surface area contributed by atoms with Gasteiger partial charge in [0.1, 0.15) is 29.8 Å². The number of hydrogen-bond acceptors (Lipinski definition) is 9. The molecule has 2 aliphatic heterocycles. The number of fused-ring (bicyclic) bond motifs is 2. The van der Waals surface area contributed by atoms with Crippen LogP contribution in [0.5, 0.6) is 0 Å². The summed E-state index contributed by atoms with van der Waals surface area (Å²) in [6.45, 7) is 9.51. The first-order valence-corrected chi connectivity index (χ1v) is 20.5. The van der Waals surface area contributed by atoms with Crippen LogP contribution in [0.1, 0.15) is 77.1 Å². The maximum absolute atomic E-state index is 13.9. The third kappa shape index (κ3) is 8.61. The van der Waals surface area contributed by atoms with Gasteiger partial charge in [-0.3, -0.25) is 9.59 Å². The molecule has 6 atom stereocenters. The molecule has 15 heteroatoms. The number of H-pyrrole nitrogens is 2. The largest absolute Gasteiger partial charge is 0.453 e. The van der Waals surface area contributed by atoms with Crippen LogP contribution >= 0.6 is 0 Å². The number of nitrogens with one attached hydrogen (secondary N) is 4. The lowest BCUT2D eigenvalue weighted by molar-refractivity contribution is -0.144. The number of hydrogen-bond donors (Lipinski definition) is 4. The maximum atomic E-state index is 13.9. The van der Waals surface area contributed by atoms with E-state index in [0.29, 0.717) is 31.9 Å². The van der Waals surface area contributed by atoms with E-state index in [2.05, 4.69) is 63.1 Å². The lowest BCUT2D eigenvalue weighted by atomic mass is 9.97. The Balaban J connectivity index is 1.08. The van der Waals surface area contributed by atoms with Gasteiger partial charge in [-0.05, 0) is 70.8 Å². The number of likely N-dealkylation sites (tertiary alicyclic amines) is 1. The Hall–Kier alpha value is -5.96. The number of aromatic nitrogens is 4. The lowest BCUT2D eigenvalue weighted by Gasteiger charge is -2.37. The summed E-state index contributed by atoms with van der Waals surface area (Å²) in [6.07, 6.45) is 3.61. The molecule has 4 amide bonds. The number of ether oxygens (including phenoxy) is 3. The zero-order valence-electron chi connectivity index (χ0n) is 34.5. The van der Waals surface area contributed by atoms with Crippen LogP contribution in [0, 0.1) is 11.8 Å². The zero-order chi connectivity index (χ0) is 41.8. The lowest BCUT2D eigenvalue weighted by Crippen LogP contribution is -2.55. The molecular weight excluding hydrogens is 753 g/mol. The van der Waals surface area contributed by atoms with Crippen molar-refractivity contribution in [3.63, 3.8) is 0 Å². The van der Waals surface area contributed by atoms with Gasteiger partial charge in [-0.2, -0.15) is 0 Å². The Labute approximate surface area is 343 Å². The predicted molar refractivity (Wildman–Crippen MR) is 223 cm³/mol. The van der Waals surface area contributed by atoms with Gasteiger partial charge in [-0.15, -0.1) is 0 Å². The second-order valence-electron chi connectivity index (χ2n) is 15.6. The number of carbonyl (C=O) groups excluding carboxylic acids is 4. The predicted octanol–water partition coefficient (Wildman–Crippen LogP) is 6.88. The van der Waals surface area contributed by atoms with E-state index in [0.717, 1.165) is 69.3 Å². The van der Waals surface area contributed by atoms with Crippen LogP contribution in [0.15, 0.2) is 60.8 Å². The molecular formula is C44H54N8O7. The van der Waals surface area contributed by atoms with Crippen molar-refractivity contribution in [2.75, 3.05) is 40.5 Å². The van der Waals surface area contributed by atoms with E-state index in [-0.39, 0.29) is 36.3 Å². The standard InChI is InChI=1S/C44H54N8O7/c1-7-25(3)37(49-43(55)57-5)41(53)51-17-9-10-35(51)39-45-23-34(48-39)31-14-13-27-20-28(11-12-29(27)21-31)30-15-16-32-33(22-30)47-40(46-32)36-24-59-19-18-52(36)42(54)38(26(4)8-2)50-44(56)58-6/h11-16,20-23,25-26,35-38H,7-10,17-19,24H2,1-6H3,(H,45,48)(H,46,47)(H,49,55)(H,50,56)/t25-,26-,35+,36+,37?,38?/m1/s1. The maximum Gasteiger partial charge on any atom is 0.407 e. The molecule has 0 spiro atoms. The van der Waals surface area contributed by atoms with Gasteiger partial charge in [-0.1, -0.05) is 70.9 Å². The number of rotatable bonds is 12. The van der Waals surface area contributed by atoms with Crippen molar-refractivity contribution in [1.82, 2.24) is 40.4 Å². The number of alkyl carbamates (subject to hydrolysis) is 2. The van der Waals surface area contributed by atoms with Gasteiger partial charge in [-0.25, -0.2) is 19.6 Å². The molecule has 2 aromatic heterocycles. The van der Waals surface area contributed by atoms with Crippen LogP contribution in [0.25, 0.3) is 44.2 Å². The molecule has 7 rings (SSSR count). The number of benzene rings is 3. The average Bonchev–Trinajstić information content (AvgIpc) is 4.06. The molecule has 5 aromatic rings. The highest BCUT2D eigenvalue weighted by Gasteiger charge is 2.39. The van der Waals surface area contributed by atoms with Crippen LogP contribution < -0.4 is 10.6 Å². The third-order valence-corrected chi connectivity index (χ3v) is 12.0. The van der Waals surface area contributed by atoms with Crippen LogP contribution in [0.4, 0.5) is 9.59 Å². The second kappa shape index (κ2) is 17.9. The van der Waals surface area contributed by atoms with E-state index in [4.69, 9.17) is 24.2 Å². The summed E-state index contributed by atoms with van der Waals surface area (Å²) in [5.41, 5.74) is 5.50. The first-order valence-electron chi connectivity index (χ1n) is 20.5. The summed E-state index contributed by atoms with van der Waals surface area (Å²) in [4.78, 5) is 72.0. The minimum Gasteiger partial charge on any atom is -0.453 e. The number of nitrogens with zero attached hydrogens (tertiary/aromatic N) is 4. The Morgan fingerprint density at radius 2 is 1.37 bits per heavy atom. The van der Waals surface area contributed by atoms with Gasteiger partial charge in [0.25, 0.3) is 0 Å². The van der Waals surface area contributed by atoms with E-state index in [1.54, 1.807) is 4.90 Å². The van der Waals surface area contributed by atoms with Crippen molar-refractivity contribution < 1.29 is 33.4 Å². The number of morpholine rings is 1. The zero-order valence-corrected chi connectivity index (χ0v) is 34.5. The Morgan fingerprint density at radius 1 is 0.780 bits per heavy atom. The first-order chi connectivity index (χ1) is 28.5. The summed E-state index contributed by atoms with van der Waals surface area (Å²) in [5.74, 6) is 0.861. The smallest absolute Gasteiger partial charge is 0.407 e. The van der Waals surface area contributed by atoms with Gasteiger partial charge in [0, 0.05) is 18.7 Å². The summed E-state index contributed by atoms with van der Waals surface area (Å²) >= 11 is 0. The van der Waals surface area contributed by atoms with Crippen LogP contribution in [-0.2, 0) is 23.8 Å². The number of aromatic amines is 2. The number of carbonyl (C=O) groups is 4. The Kier molecular flexibility index (Phi) is 12.5. The van der Waals surface area contributed by atoms with Gasteiger partial charge in [0.15, 0.2) is 0 Å². The van der Waals surface area contributed by atoms with Crippen LogP contribution in [0.3, 0.4) is 0 Å². The van der Waals surface area contributed by atoms with Gasteiger partial charge >= 0.3 is 12.2 Å². The molecule has 0 aliphatic carbocycles. The van der Waals surface area contributed by atoms with Crippen molar-refractivity contribution in [2.24, 2.45) is 11.8 Å². The fourth-order valence-corrected chi connectivity index (χ4v) is 8.12. The minimum atomic E-state index is -0.739. The van der Waals surface area contributed by atoms with E-state index < -0.39 is 30.3 Å². The number of amides is 4. The Morgan fingerprint density at radius 3 is 2.02 bits per heavy atom. The molecule has 2 unspecified atom stereocenters. The van der Waals surface area contributed by atoms with Gasteiger partial charge in [0.05, 0.1) is 56.4 Å². The fraction of sp³-hybridized carbons (Fsp3) is 0.455. The van der Waals surface area contributed by atoms with E-state index in [1.807, 2.05) is 50.9 Å². The highest BCUT2D eigenvalue weighted by molar-refractivity contribution is 5.92. The monoisotopic (exact) mass is 806 g/mol. The van der Waals surface area contributed by atoms with Crippen LogP contribution in [-0.4, -0.2) is 106 Å². The summed E-state index contributed by atoms with van der Waals surface area (Å²) in [5, 5.41) is 7.63. The summed E-state index contributed by atoms with van der Waals surface area (Å²) < 4.78 is 15.5. The van der Waals surface area contributed by atoms with E-state index in [9.17, 15) is 19.2 Å². The third-order valence-electron chi connectivity index (χ3n) is 12.0. The van der Waals surface area contributed by atoms with Gasteiger partial charge < -0.3 is 44.6 Å². The average molecular weight is 807 g/mol. The normalized spacial score (nSPS) is 18.9. The van der Waals surface area contributed by atoms with E-state index in [1.165, 1.54) is 14.2 Å². The van der Waals surface area contributed by atoms with Crippen molar-refractivity contribution in [2.45, 2.75) is 77.5 Å². The van der Waals surface area contributed by atoms with Crippen LogP contribution in [0.2, 0.25) is 0 Å². The molecule has 0 saturated carbocycles. The molecule has 15 nitrogen and oxygen atoms in total. The number of imidazole rings is 2. The molecule has 4 N–H and O–H groups in total. The molecule has 59 heavy (non-hydrogen) atoms. The van der Waals surface area contributed by atoms with Crippen molar-refractivity contribution >= 4 is 45.8 Å². The number of methoxy groups -OCH3 is 2.